The third-order valence-corrected chi connectivity index (χ3v) is 4.38. The highest BCUT2D eigenvalue weighted by atomic mass is 79.9. The molecule has 1 aliphatic heterocycles. The average Bonchev–Trinajstić information content (AvgIpc) is 3.00. The quantitative estimate of drug-likeness (QED) is 0.553. The van der Waals surface area contributed by atoms with Gasteiger partial charge in [0.15, 0.2) is 11.5 Å². The van der Waals surface area contributed by atoms with Gasteiger partial charge >= 0.3 is 0 Å². The predicted octanol–water partition coefficient (Wildman–Crippen LogP) is 4.18. The van der Waals surface area contributed by atoms with Gasteiger partial charge in [-0.25, -0.2) is 0 Å². The van der Waals surface area contributed by atoms with Crippen LogP contribution in [-0.4, -0.2) is 36.2 Å². The summed E-state index contributed by atoms with van der Waals surface area (Å²) in [5.41, 5.74) is 0.994. The van der Waals surface area contributed by atoms with Crippen molar-refractivity contribution in [1.29, 1.82) is 0 Å². The smallest absolute Gasteiger partial charge is 0.175 e. The van der Waals surface area contributed by atoms with E-state index in [2.05, 4.69) is 27.4 Å². The van der Waals surface area contributed by atoms with E-state index in [1.165, 1.54) is 12.8 Å². The van der Waals surface area contributed by atoms with Gasteiger partial charge in [0.2, 0.25) is 0 Å². The molecular formula is C16H20BrNO2S. The van der Waals surface area contributed by atoms with Crippen LogP contribution in [0, 0.1) is 0 Å². The standard InChI is InChI=1S/C16H20BrNO2S/c1-3-9-20-15-13(17)10-12(11-14(15)19-4-2)16(21)18-7-5-6-8-18/h3,10-11H,1,4-9H2,2H3. The molecule has 1 saturated heterocycles. The Morgan fingerprint density at radius 1 is 1.38 bits per heavy atom. The van der Waals surface area contributed by atoms with E-state index >= 15 is 0 Å². The van der Waals surface area contributed by atoms with Crippen LogP contribution in [0.5, 0.6) is 11.5 Å². The fourth-order valence-corrected chi connectivity index (χ4v) is 3.20. The summed E-state index contributed by atoms with van der Waals surface area (Å²) in [6.07, 6.45) is 4.13. The molecule has 2 rings (SSSR count). The van der Waals surface area contributed by atoms with Crippen molar-refractivity contribution in [3.05, 3.63) is 34.8 Å². The number of benzene rings is 1. The minimum absolute atomic E-state index is 0.439. The van der Waals surface area contributed by atoms with E-state index < -0.39 is 0 Å². The van der Waals surface area contributed by atoms with E-state index in [9.17, 15) is 0 Å². The van der Waals surface area contributed by atoms with Crippen LogP contribution in [0.2, 0.25) is 0 Å². The molecule has 0 aliphatic carbocycles. The number of halogens is 1. The number of hydrogen-bond donors (Lipinski definition) is 0. The van der Waals surface area contributed by atoms with Gasteiger partial charge in [-0.15, -0.1) is 0 Å². The molecular weight excluding hydrogens is 350 g/mol. The van der Waals surface area contributed by atoms with Gasteiger partial charge in [0.05, 0.1) is 11.1 Å². The summed E-state index contributed by atoms with van der Waals surface area (Å²) in [4.78, 5) is 3.13. The Hall–Kier alpha value is -1.07. The molecule has 21 heavy (non-hydrogen) atoms. The highest BCUT2D eigenvalue weighted by Gasteiger charge is 2.19. The first kappa shape index (κ1) is 16.3. The second-order valence-electron chi connectivity index (χ2n) is 4.82. The van der Waals surface area contributed by atoms with Crippen molar-refractivity contribution in [2.24, 2.45) is 0 Å². The van der Waals surface area contributed by atoms with Crippen molar-refractivity contribution in [2.75, 3.05) is 26.3 Å². The predicted molar refractivity (Wildman–Crippen MR) is 93.5 cm³/mol. The van der Waals surface area contributed by atoms with E-state index in [1.807, 2.05) is 19.1 Å². The fraction of sp³-hybridized carbons (Fsp3) is 0.438. The minimum atomic E-state index is 0.439. The maximum atomic E-state index is 5.70. The van der Waals surface area contributed by atoms with Crippen molar-refractivity contribution in [3.63, 3.8) is 0 Å². The Bertz CT molecular complexity index is 527. The molecule has 5 heteroatoms. The van der Waals surface area contributed by atoms with Gasteiger partial charge in [-0.2, -0.15) is 0 Å². The second-order valence-corrected chi connectivity index (χ2v) is 6.06. The lowest BCUT2D eigenvalue weighted by Gasteiger charge is -2.20. The van der Waals surface area contributed by atoms with E-state index in [0.29, 0.717) is 24.7 Å². The molecule has 0 amide bonds. The largest absolute Gasteiger partial charge is 0.490 e. The van der Waals surface area contributed by atoms with Gasteiger partial charge in [-0.3, -0.25) is 0 Å². The zero-order valence-corrected chi connectivity index (χ0v) is 14.6. The first-order chi connectivity index (χ1) is 10.2. The van der Waals surface area contributed by atoms with Crippen LogP contribution >= 0.6 is 28.1 Å². The second kappa shape index (κ2) is 7.80. The van der Waals surface area contributed by atoms with Crippen molar-refractivity contribution in [1.82, 2.24) is 4.90 Å². The topological polar surface area (TPSA) is 21.7 Å². The minimum Gasteiger partial charge on any atom is -0.490 e. The first-order valence-corrected chi connectivity index (χ1v) is 8.36. The third kappa shape index (κ3) is 3.98. The zero-order chi connectivity index (χ0) is 15.2. The van der Waals surface area contributed by atoms with Crippen LogP contribution in [0.3, 0.4) is 0 Å². The summed E-state index contributed by atoms with van der Waals surface area (Å²) < 4.78 is 12.2. The molecule has 0 N–H and O–H groups in total. The van der Waals surface area contributed by atoms with Crippen molar-refractivity contribution < 1.29 is 9.47 Å². The van der Waals surface area contributed by atoms with Crippen LogP contribution in [0.15, 0.2) is 29.3 Å². The maximum absolute atomic E-state index is 5.70. The summed E-state index contributed by atoms with van der Waals surface area (Å²) in [6, 6.07) is 3.97. The van der Waals surface area contributed by atoms with Gasteiger partial charge in [-0.1, -0.05) is 24.9 Å². The zero-order valence-electron chi connectivity index (χ0n) is 12.2. The van der Waals surface area contributed by atoms with E-state index in [-0.39, 0.29) is 0 Å². The number of thiocarbonyl (C=S) groups is 1. The molecule has 3 nitrogen and oxygen atoms in total. The van der Waals surface area contributed by atoms with Gasteiger partial charge in [0.1, 0.15) is 11.6 Å². The normalized spacial score (nSPS) is 14.1. The average molecular weight is 370 g/mol. The van der Waals surface area contributed by atoms with E-state index in [0.717, 1.165) is 28.1 Å². The van der Waals surface area contributed by atoms with Gasteiger partial charge in [-0.05, 0) is 47.8 Å². The van der Waals surface area contributed by atoms with Gasteiger partial charge < -0.3 is 14.4 Å². The molecule has 1 aromatic rings. The number of likely N-dealkylation sites (tertiary alicyclic amines) is 1. The van der Waals surface area contributed by atoms with Gasteiger partial charge in [0, 0.05) is 18.7 Å². The number of rotatable bonds is 6. The van der Waals surface area contributed by atoms with Gasteiger partial charge in [0.25, 0.3) is 0 Å². The molecule has 0 bridgehead atoms. The Kier molecular flexibility index (Phi) is 6.06. The Morgan fingerprint density at radius 2 is 2.10 bits per heavy atom. The number of hydrogen-bond acceptors (Lipinski definition) is 3. The molecule has 1 fully saturated rings. The van der Waals surface area contributed by atoms with Crippen LogP contribution in [0.4, 0.5) is 0 Å². The molecule has 0 aromatic heterocycles. The highest BCUT2D eigenvalue weighted by Crippen LogP contribution is 2.37. The molecule has 0 radical (unpaired) electrons. The molecule has 0 atom stereocenters. The molecule has 1 aliphatic rings. The van der Waals surface area contributed by atoms with E-state index in [4.69, 9.17) is 21.7 Å². The summed E-state index contributed by atoms with van der Waals surface area (Å²) in [7, 11) is 0. The molecule has 0 unspecified atom stereocenters. The number of nitrogens with zero attached hydrogens (tertiary/aromatic N) is 1. The summed E-state index contributed by atoms with van der Waals surface area (Å²) >= 11 is 9.16. The van der Waals surface area contributed by atoms with Crippen molar-refractivity contribution in [2.45, 2.75) is 19.8 Å². The van der Waals surface area contributed by atoms with Crippen LogP contribution in [0.1, 0.15) is 25.3 Å². The Morgan fingerprint density at radius 3 is 2.71 bits per heavy atom. The summed E-state index contributed by atoms with van der Waals surface area (Å²) in [5, 5.41) is 0. The third-order valence-electron chi connectivity index (χ3n) is 3.30. The van der Waals surface area contributed by atoms with E-state index in [1.54, 1.807) is 6.08 Å². The van der Waals surface area contributed by atoms with Crippen LogP contribution in [0.25, 0.3) is 0 Å². The lowest BCUT2D eigenvalue weighted by molar-refractivity contribution is 0.295. The lowest BCUT2D eigenvalue weighted by Crippen LogP contribution is -2.26. The Labute approximate surface area is 140 Å². The molecule has 0 spiro atoms. The number of ether oxygens (including phenoxy) is 2. The SMILES string of the molecule is C=CCOc1c(Br)cc(C(=S)N2CCCC2)cc1OCC. The molecule has 114 valence electrons. The monoisotopic (exact) mass is 369 g/mol. The molecule has 1 heterocycles. The summed E-state index contributed by atoms with van der Waals surface area (Å²) in [5.74, 6) is 1.41. The van der Waals surface area contributed by atoms with Crippen molar-refractivity contribution >= 4 is 33.1 Å². The first-order valence-electron chi connectivity index (χ1n) is 7.16. The highest BCUT2D eigenvalue weighted by molar-refractivity contribution is 9.10. The molecule has 1 aromatic carbocycles. The van der Waals surface area contributed by atoms with Crippen LogP contribution in [-0.2, 0) is 0 Å². The van der Waals surface area contributed by atoms with Crippen molar-refractivity contribution in [3.8, 4) is 11.5 Å². The maximum Gasteiger partial charge on any atom is 0.175 e. The summed E-state index contributed by atoms with van der Waals surface area (Å²) in [6.45, 7) is 8.72. The Balaban J connectivity index is 2.30. The lowest BCUT2D eigenvalue weighted by atomic mass is 10.2. The molecule has 0 saturated carbocycles. The van der Waals surface area contributed by atoms with Crippen LogP contribution < -0.4 is 9.47 Å². The fourth-order valence-electron chi connectivity index (χ4n) is 2.34.